The lowest BCUT2D eigenvalue weighted by molar-refractivity contribution is -0.121. The summed E-state index contributed by atoms with van der Waals surface area (Å²) >= 11 is 0. The quantitative estimate of drug-likeness (QED) is 0.540. The van der Waals surface area contributed by atoms with E-state index in [2.05, 4.69) is 10.4 Å². The molecule has 31 heavy (non-hydrogen) atoms. The molecule has 1 unspecified atom stereocenters. The number of nitrogens with zero attached hydrogens (tertiary/aromatic N) is 3. The minimum absolute atomic E-state index is 0.0213. The number of hydrogen-bond acceptors (Lipinski definition) is 5. The number of amides is 1. The third-order valence-electron chi connectivity index (χ3n) is 5.71. The maximum atomic E-state index is 12.5. The Balaban J connectivity index is 1.23. The van der Waals surface area contributed by atoms with Crippen molar-refractivity contribution < 1.29 is 14.3 Å². The monoisotopic (exact) mass is 416 g/mol. The number of aryl methyl sites for hydroxylation is 2. The minimum atomic E-state index is -0.197. The highest BCUT2D eigenvalue weighted by Gasteiger charge is 2.21. The van der Waals surface area contributed by atoms with Gasteiger partial charge in [0, 0.05) is 23.2 Å². The van der Waals surface area contributed by atoms with Crippen LogP contribution in [0.3, 0.4) is 0 Å². The molecular formula is C24H24N4O3. The lowest BCUT2D eigenvalue weighted by Crippen LogP contribution is -2.40. The van der Waals surface area contributed by atoms with Crippen LogP contribution in [-0.2, 0) is 11.2 Å². The van der Waals surface area contributed by atoms with Gasteiger partial charge in [-0.15, -0.1) is 0 Å². The molecular weight excluding hydrogens is 392 g/mol. The maximum absolute atomic E-state index is 12.5. The first-order valence-electron chi connectivity index (χ1n) is 10.5. The lowest BCUT2D eigenvalue weighted by atomic mass is 10.1. The Morgan fingerprint density at radius 2 is 1.90 bits per heavy atom. The van der Waals surface area contributed by atoms with E-state index >= 15 is 0 Å². The van der Waals surface area contributed by atoms with Gasteiger partial charge in [0.05, 0.1) is 12.1 Å². The van der Waals surface area contributed by atoms with Gasteiger partial charge in [-0.05, 0) is 50.1 Å². The van der Waals surface area contributed by atoms with Crippen LogP contribution in [0.15, 0.2) is 48.5 Å². The van der Waals surface area contributed by atoms with Crippen LogP contribution in [0.1, 0.15) is 23.4 Å². The maximum Gasteiger partial charge on any atom is 0.220 e. The van der Waals surface area contributed by atoms with Gasteiger partial charge in [0.2, 0.25) is 5.91 Å². The molecule has 1 atom stereocenters. The van der Waals surface area contributed by atoms with Gasteiger partial charge in [0.25, 0.3) is 0 Å². The highest BCUT2D eigenvalue weighted by Crippen LogP contribution is 2.30. The first kappa shape index (κ1) is 19.4. The molecule has 0 aliphatic carbocycles. The number of rotatable bonds is 5. The molecule has 1 N–H and O–H groups in total. The zero-order chi connectivity index (χ0) is 21.4. The van der Waals surface area contributed by atoms with Crippen LogP contribution in [0.5, 0.6) is 11.5 Å². The molecule has 1 aliphatic heterocycles. The molecule has 0 fully saturated rings. The molecule has 2 aromatic carbocycles. The number of carbonyl (C=O) groups is 1. The van der Waals surface area contributed by atoms with Gasteiger partial charge in [-0.25, -0.2) is 9.50 Å². The summed E-state index contributed by atoms with van der Waals surface area (Å²) in [5.41, 5.74) is 4.79. The second-order valence-electron chi connectivity index (χ2n) is 7.82. The van der Waals surface area contributed by atoms with Crippen LogP contribution in [0.25, 0.3) is 16.6 Å². The summed E-state index contributed by atoms with van der Waals surface area (Å²) in [6.07, 6.45) is 0.782. The van der Waals surface area contributed by atoms with Gasteiger partial charge in [0.15, 0.2) is 17.1 Å². The Morgan fingerprint density at radius 1 is 1.13 bits per heavy atom. The average molecular weight is 416 g/mol. The molecule has 2 aromatic heterocycles. The Bertz CT molecular complexity index is 1280. The van der Waals surface area contributed by atoms with Crippen LogP contribution in [0, 0.1) is 13.8 Å². The highest BCUT2D eigenvalue weighted by molar-refractivity contribution is 5.92. The van der Waals surface area contributed by atoms with Crippen molar-refractivity contribution in [2.45, 2.75) is 32.8 Å². The number of para-hydroxylation sites is 2. The molecule has 0 bridgehead atoms. The molecule has 0 saturated heterocycles. The van der Waals surface area contributed by atoms with E-state index in [0.29, 0.717) is 31.7 Å². The predicted octanol–water partition coefficient (Wildman–Crippen LogP) is 3.39. The third kappa shape index (κ3) is 3.67. The van der Waals surface area contributed by atoms with Crippen LogP contribution in [0.4, 0.5) is 0 Å². The molecule has 0 saturated carbocycles. The van der Waals surface area contributed by atoms with Crippen molar-refractivity contribution in [3.8, 4) is 11.5 Å². The minimum Gasteiger partial charge on any atom is -0.486 e. The van der Waals surface area contributed by atoms with Gasteiger partial charge in [0.1, 0.15) is 12.7 Å². The summed E-state index contributed by atoms with van der Waals surface area (Å²) < 4.78 is 13.5. The van der Waals surface area contributed by atoms with Crippen LogP contribution < -0.4 is 14.8 Å². The normalized spacial score (nSPS) is 15.4. The Morgan fingerprint density at radius 3 is 2.77 bits per heavy atom. The molecule has 3 heterocycles. The standard InChI is InChI=1S/C24H24N4O3/c1-15-18(16(2)28-24(26-15)19-7-3-4-8-20(19)27-28)11-12-23(29)25-13-17-14-30-21-9-5-6-10-22(21)31-17/h3-10,17H,11-14H2,1-2H3,(H,25,29). The first-order chi connectivity index (χ1) is 15.1. The largest absolute Gasteiger partial charge is 0.486 e. The highest BCUT2D eigenvalue weighted by atomic mass is 16.6. The summed E-state index contributed by atoms with van der Waals surface area (Å²) in [4.78, 5) is 17.3. The number of ether oxygens (including phenoxy) is 2. The summed E-state index contributed by atoms with van der Waals surface area (Å²) in [5, 5.41) is 8.68. The third-order valence-corrected chi connectivity index (χ3v) is 5.71. The molecule has 5 rings (SSSR count). The van der Waals surface area contributed by atoms with Crippen LogP contribution in [-0.4, -0.2) is 39.8 Å². The topological polar surface area (TPSA) is 77.8 Å². The van der Waals surface area contributed by atoms with Gasteiger partial charge in [-0.1, -0.05) is 24.3 Å². The van der Waals surface area contributed by atoms with Gasteiger partial charge >= 0.3 is 0 Å². The van der Waals surface area contributed by atoms with Gasteiger partial charge in [-0.2, -0.15) is 5.10 Å². The summed E-state index contributed by atoms with van der Waals surface area (Å²) in [6, 6.07) is 15.6. The lowest BCUT2D eigenvalue weighted by Gasteiger charge is -2.26. The molecule has 0 radical (unpaired) electrons. The molecule has 4 aromatic rings. The van der Waals surface area contributed by atoms with E-state index in [0.717, 1.165) is 39.3 Å². The second kappa shape index (κ2) is 7.91. The van der Waals surface area contributed by atoms with Crippen molar-refractivity contribution in [3.63, 3.8) is 0 Å². The van der Waals surface area contributed by atoms with E-state index in [4.69, 9.17) is 14.5 Å². The van der Waals surface area contributed by atoms with Crippen LogP contribution in [0.2, 0.25) is 0 Å². The predicted molar refractivity (Wildman–Crippen MR) is 118 cm³/mol. The Hall–Kier alpha value is -3.61. The van der Waals surface area contributed by atoms with Crippen molar-refractivity contribution in [3.05, 3.63) is 65.5 Å². The Labute approximate surface area is 180 Å². The number of aromatic nitrogens is 3. The zero-order valence-corrected chi connectivity index (χ0v) is 17.6. The Kier molecular flexibility index (Phi) is 4.94. The van der Waals surface area contributed by atoms with E-state index in [-0.39, 0.29) is 12.0 Å². The summed E-state index contributed by atoms with van der Waals surface area (Å²) in [6.45, 7) is 4.86. The molecule has 1 aliphatic rings. The summed E-state index contributed by atoms with van der Waals surface area (Å²) in [7, 11) is 0. The molecule has 7 heteroatoms. The number of benzene rings is 2. The van der Waals surface area contributed by atoms with Gasteiger partial charge < -0.3 is 14.8 Å². The number of carbonyl (C=O) groups excluding carboxylic acids is 1. The van der Waals surface area contributed by atoms with Crippen molar-refractivity contribution >= 4 is 22.5 Å². The fourth-order valence-corrected chi connectivity index (χ4v) is 4.06. The number of fused-ring (bicyclic) bond motifs is 4. The average Bonchev–Trinajstić information content (AvgIpc) is 3.16. The summed E-state index contributed by atoms with van der Waals surface area (Å²) in [5.74, 6) is 1.43. The van der Waals surface area contributed by atoms with Crippen molar-refractivity contribution in [1.82, 2.24) is 19.9 Å². The zero-order valence-electron chi connectivity index (χ0n) is 17.6. The van der Waals surface area contributed by atoms with E-state index in [1.54, 1.807) is 0 Å². The number of hydrogen-bond donors (Lipinski definition) is 1. The fourth-order valence-electron chi connectivity index (χ4n) is 4.06. The number of nitrogens with one attached hydrogen (secondary N) is 1. The molecule has 1 amide bonds. The van der Waals surface area contributed by atoms with Crippen molar-refractivity contribution in [2.75, 3.05) is 13.2 Å². The van der Waals surface area contributed by atoms with E-state index in [1.807, 2.05) is 66.9 Å². The van der Waals surface area contributed by atoms with E-state index in [1.165, 1.54) is 0 Å². The van der Waals surface area contributed by atoms with E-state index in [9.17, 15) is 4.79 Å². The molecule has 7 nitrogen and oxygen atoms in total. The van der Waals surface area contributed by atoms with Crippen molar-refractivity contribution in [1.29, 1.82) is 0 Å². The molecule has 158 valence electrons. The van der Waals surface area contributed by atoms with Gasteiger partial charge in [-0.3, -0.25) is 4.79 Å². The van der Waals surface area contributed by atoms with E-state index < -0.39 is 0 Å². The SMILES string of the molecule is Cc1nc2c3ccccc3nn2c(C)c1CCC(=O)NCC1COc2ccccc2O1. The smallest absolute Gasteiger partial charge is 0.220 e. The molecule has 0 spiro atoms. The van der Waals surface area contributed by atoms with Crippen molar-refractivity contribution in [2.24, 2.45) is 0 Å². The fraction of sp³-hybridized carbons (Fsp3) is 0.292. The van der Waals surface area contributed by atoms with Crippen LogP contribution >= 0.6 is 0 Å². The first-order valence-corrected chi connectivity index (χ1v) is 10.5. The second-order valence-corrected chi connectivity index (χ2v) is 7.82.